The molecule has 168 valence electrons. The molecule has 9 heteroatoms. The van der Waals surface area contributed by atoms with Crippen molar-refractivity contribution in [2.24, 2.45) is 0 Å². The van der Waals surface area contributed by atoms with Gasteiger partial charge >= 0.3 is 0 Å². The first-order valence-corrected chi connectivity index (χ1v) is 10.4. The lowest BCUT2D eigenvalue weighted by atomic mass is 10.1. The summed E-state index contributed by atoms with van der Waals surface area (Å²) < 4.78 is 17.1. The molecule has 1 saturated heterocycles. The fourth-order valence-electron chi connectivity index (χ4n) is 3.43. The van der Waals surface area contributed by atoms with Crippen molar-refractivity contribution in [3.8, 4) is 22.8 Å². The van der Waals surface area contributed by atoms with E-state index in [4.69, 9.17) is 14.2 Å². The van der Waals surface area contributed by atoms with Crippen molar-refractivity contribution in [1.82, 2.24) is 20.0 Å². The first-order valence-electron chi connectivity index (χ1n) is 10.4. The Balaban J connectivity index is 1.68. The number of ether oxygens (including phenoxy) is 3. The highest BCUT2D eigenvalue weighted by Gasteiger charge is 2.20. The van der Waals surface area contributed by atoms with Gasteiger partial charge in [-0.15, -0.1) is 0 Å². The number of morpholine rings is 1. The molecule has 9 nitrogen and oxygen atoms in total. The topological polar surface area (TPSA) is 94.9 Å². The van der Waals surface area contributed by atoms with E-state index in [1.807, 2.05) is 12.1 Å². The molecular formula is C22H30N4O5. The molecule has 3 rings (SSSR count). The molecule has 1 aliphatic rings. The summed E-state index contributed by atoms with van der Waals surface area (Å²) in [6.07, 6.45) is 0.834. The molecule has 2 heterocycles. The summed E-state index contributed by atoms with van der Waals surface area (Å²) in [7, 11) is 3.08. The molecule has 0 radical (unpaired) electrons. The van der Waals surface area contributed by atoms with E-state index in [-0.39, 0.29) is 5.91 Å². The Bertz CT molecular complexity index is 922. The predicted molar refractivity (Wildman–Crippen MR) is 117 cm³/mol. The van der Waals surface area contributed by atoms with Crippen LogP contribution in [0.5, 0.6) is 11.5 Å². The van der Waals surface area contributed by atoms with E-state index in [9.17, 15) is 9.59 Å². The molecule has 2 aromatic rings. The van der Waals surface area contributed by atoms with Crippen molar-refractivity contribution in [3.05, 3.63) is 40.7 Å². The molecule has 1 N–H and O–H groups in total. The van der Waals surface area contributed by atoms with Gasteiger partial charge in [0.25, 0.3) is 5.56 Å². The fraction of sp³-hybridized carbons (Fsp3) is 0.500. The minimum absolute atomic E-state index is 0.248. The van der Waals surface area contributed by atoms with Crippen LogP contribution in [-0.4, -0.2) is 74.2 Å². The first-order chi connectivity index (χ1) is 15.0. The van der Waals surface area contributed by atoms with Crippen LogP contribution >= 0.6 is 0 Å². The van der Waals surface area contributed by atoms with Gasteiger partial charge in [-0.05, 0) is 44.2 Å². The number of carbonyl (C=O) groups excluding carboxylic acids is 1. The average Bonchev–Trinajstić information content (AvgIpc) is 2.81. The van der Waals surface area contributed by atoms with Crippen molar-refractivity contribution in [2.45, 2.75) is 19.4 Å². The fourth-order valence-corrected chi connectivity index (χ4v) is 3.43. The molecule has 1 fully saturated rings. The van der Waals surface area contributed by atoms with Crippen molar-refractivity contribution >= 4 is 5.91 Å². The van der Waals surface area contributed by atoms with Crippen LogP contribution in [0.15, 0.2) is 35.1 Å². The largest absolute Gasteiger partial charge is 0.497 e. The van der Waals surface area contributed by atoms with Gasteiger partial charge in [0.1, 0.15) is 17.5 Å². The number of amides is 1. The van der Waals surface area contributed by atoms with Crippen molar-refractivity contribution in [2.75, 3.05) is 53.6 Å². The first kappa shape index (κ1) is 22.8. The Hall–Kier alpha value is -2.91. The van der Waals surface area contributed by atoms with Gasteiger partial charge < -0.3 is 19.5 Å². The molecule has 0 aliphatic carbocycles. The summed E-state index contributed by atoms with van der Waals surface area (Å²) in [4.78, 5) is 27.5. The Labute approximate surface area is 181 Å². The summed E-state index contributed by atoms with van der Waals surface area (Å²) in [6.45, 7) is 6.46. The summed E-state index contributed by atoms with van der Waals surface area (Å²) in [5.41, 5.74) is 0.839. The van der Waals surface area contributed by atoms with E-state index >= 15 is 0 Å². The smallest absolute Gasteiger partial charge is 0.271 e. The van der Waals surface area contributed by atoms with Crippen LogP contribution in [0.3, 0.4) is 0 Å². The van der Waals surface area contributed by atoms with Crippen LogP contribution < -0.4 is 20.3 Å². The van der Waals surface area contributed by atoms with Crippen LogP contribution in [0.25, 0.3) is 11.3 Å². The van der Waals surface area contributed by atoms with Gasteiger partial charge in [0.15, 0.2) is 5.75 Å². The minimum atomic E-state index is -0.751. The van der Waals surface area contributed by atoms with Crippen molar-refractivity contribution in [3.63, 3.8) is 0 Å². The maximum Gasteiger partial charge on any atom is 0.271 e. The lowest BCUT2D eigenvalue weighted by Crippen LogP contribution is -2.40. The highest BCUT2D eigenvalue weighted by Crippen LogP contribution is 2.28. The summed E-state index contributed by atoms with van der Waals surface area (Å²) >= 11 is 0. The van der Waals surface area contributed by atoms with E-state index in [1.165, 1.54) is 17.9 Å². The lowest BCUT2D eigenvalue weighted by Gasteiger charge is -2.26. The summed E-state index contributed by atoms with van der Waals surface area (Å²) in [6, 6.07) is 7.87. The molecule has 1 aliphatic heterocycles. The number of benzene rings is 1. The number of nitrogens with one attached hydrogen (secondary N) is 1. The Morgan fingerprint density at radius 3 is 2.55 bits per heavy atom. The maximum atomic E-state index is 12.6. The molecule has 1 atom stereocenters. The highest BCUT2D eigenvalue weighted by atomic mass is 16.5. The van der Waals surface area contributed by atoms with Crippen molar-refractivity contribution in [1.29, 1.82) is 0 Å². The van der Waals surface area contributed by atoms with E-state index < -0.39 is 11.6 Å². The van der Waals surface area contributed by atoms with Gasteiger partial charge in [-0.3, -0.25) is 14.5 Å². The maximum absolute atomic E-state index is 12.6. The summed E-state index contributed by atoms with van der Waals surface area (Å²) in [5, 5.41) is 7.35. The number of rotatable bonds is 9. The molecular weight excluding hydrogens is 400 g/mol. The Morgan fingerprint density at radius 1 is 1.19 bits per heavy atom. The number of carbonyl (C=O) groups is 1. The Morgan fingerprint density at radius 2 is 1.90 bits per heavy atom. The molecule has 31 heavy (non-hydrogen) atoms. The zero-order valence-corrected chi connectivity index (χ0v) is 18.3. The molecule has 1 aromatic carbocycles. The van der Waals surface area contributed by atoms with Gasteiger partial charge in [0.2, 0.25) is 5.91 Å². The zero-order valence-electron chi connectivity index (χ0n) is 18.3. The lowest BCUT2D eigenvalue weighted by molar-refractivity contribution is -0.124. The van der Waals surface area contributed by atoms with E-state index in [0.717, 1.165) is 44.8 Å². The van der Waals surface area contributed by atoms with Gasteiger partial charge in [-0.25, -0.2) is 4.68 Å². The molecule has 1 amide bonds. The highest BCUT2D eigenvalue weighted by molar-refractivity contribution is 5.79. The number of hydrogen-bond acceptors (Lipinski definition) is 7. The summed E-state index contributed by atoms with van der Waals surface area (Å²) in [5.74, 6) is 0.813. The second-order valence-corrected chi connectivity index (χ2v) is 7.35. The van der Waals surface area contributed by atoms with Crippen LogP contribution in [0.4, 0.5) is 0 Å². The van der Waals surface area contributed by atoms with Gasteiger partial charge in [0, 0.05) is 31.3 Å². The van der Waals surface area contributed by atoms with E-state index in [2.05, 4.69) is 15.3 Å². The van der Waals surface area contributed by atoms with Gasteiger partial charge in [0.05, 0.1) is 27.4 Å². The van der Waals surface area contributed by atoms with Crippen LogP contribution in [0.2, 0.25) is 0 Å². The predicted octanol–water partition coefficient (Wildman–Crippen LogP) is 1.33. The minimum Gasteiger partial charge on any atom is -0.497 e. The van der Waals surface area contributed by atoms with Crippen LogP contribution in [-0.2, 0) is 9.53 Å². The van der Waals surface area contributed by atoms with Crippen LogP contribution in [0.1, 0.15) is 19.4 Å². The Kier molecular flexibility index (Phi) is 8.02. The van der Waals surface area contributed by atoms with E-state index in [1.54, 1.807) is 26.2 Å². The average molecular weight is 431 g/mol. The van der Waals surface area contributed by atoms with Crippen LogP contribution in [0, 0.1) is 0 Å². The van der Waals surface area contributed by atoms with Crippen molar-refractivity contribution < 1.29 is 19.0 Å². The molecule has 1 aromatic heterocycles. The molecule has 1 unspecified atom stereocenters. The number of aromatic nitrogens is 2. The second-order valence-electron chi connectivity index (χ2n) is 7.35. The third-order valence-corrected chi connectivity index (χ3v) is 5.31. The molecule has 0 saturated carbocycles. The monoisotopic (exact) mass is 430 g/mol. The second kappa shape index (κ2) is 10.9. The number of hydrogen-bond donors (Lipinski definition) is 1. The third-order valence-electron chi connectivity index (χ3n) is 5.31. The van der Waals surface area contributed by atoms with Gasteiger partial charge in [-0.2, -0.15) is 5.10 Å². The quantitative estimate of drug-likeness (QED) is 0.600. The standard InChI is InChI=1S/C22H30N4O5/c1-16(22(28)23-9-4-10-25-11-13-31-14-12-25)26-20(27)15-19(30-3)21(24-26)17-5-7-18(29-2)8-6-17/h5-8,15-16H,4,9-14H2,1-3H3,(H,23,28). The number of nitrogens with zero attached hydrogens (tertiary/aromatic N) is 3. The zero-order chi connectivity index (χ0) is 22.2. The number of methoxy groups -OCH3 is 2. The molecule has 0 spiro atoms. The normalized spacial score (nSPS) is 15.3. The SMILES string of the molecule is COc1ccc(-c2nn(C(C)C(=O)NCCCN3CCOCC3)c(=O)cc2OC)cc1. The third kappa shape index (κ3) is 5.83. The van der Waals surface area contributed by atoms with Gasteiger partial charge in [-0.1, -0.05) is 0 Å². The van der Waals surface area contributed by atoms with E-state index in [0.29, 0.717) is 23.7 Å². The molecule has 0 bridgehead atoms.